The maximum absolute atomic E-state index is 12.7. The van der Waals surface area contributed by atoms with Gasteiger partial charge in [0.1, 0.15) is 0 Å². The molecule has 1 N–H and O–H groups in total. The van der Waals surface area contributed by atoms with Crippen LogP contribution in [0.4, 0.5) is 0 Å². The van der Waals surface area contributed by atoms with Crippen LogP contribution in [-0.2, 0) is 0 Å². The number of aromatic amines is 1. The molecule has 22 heavy (non-hydrogen) atoms. The van der Waals surface area contributed by atoms with Crippen LogP contribution in [0, 0.1) is 6.92 Å². The molecule has 0 aromatic carbocycles. The van der Waals surface area contributed by atoms with Gasteiger partial charge >= 0.3 is 0 Å². The highest BCUT2D eigenvalue weighted by atomic mass is 16.5. The number of unbranched alkanes of at least 4 members (excludes halogenated alkanes) is 4. The molecule has 2 rings (SSSR count). The number of ketones is 1. The molecule has 1 heterocycles. The van der Waals surface area contributed by atoms with Crippen molar-refractivity contribution in [2.24, 2.45) is 0 Å². The van der Waals surface area contributed by atoms with E-state index in [2.05, 4.69) is 11.9 Å². The molecule has 0 radical (unpaired) electrons. The second-order valence-electron chi connectivity index (χ2n) is 6.26. The number of rotatable bonds is 7. The van der Waals surface area contributed by atoms with Gasteiger partial charge in [0.25, 0.3) is 0 Å². The van der Waals surface area contributed by atoms with Gasteiger partial charge in [-0.15, -0.1) is 0 Å². The number of ether oxygens (including phenoxy) is 1. The lowest BCUT2D eigenvalue weighted by Crippen LogP contribution is -2.27. The van der Waals surface area contributed by atoms with E-state index >= 15 is 0 Å². The van der Waals surface area contributed by atoms with Gasteiger partial charge in [-0.1, -0.05) is 39.0 Å². The van der Waals surface area contributed by atoms with Crippen molar-refractivity contribution in [2.75, 3.05) is 7.11 Å². The van der Waals surface area contributed by atoms with Gasteiger partial charge in [0.05, 0.1) is 18.5 Å². The predicted octanol–water partition coefficient (Wildman–Crippen LogP) is 4.11. The second-order valence-corrected chi connectivity index (χ2v) is 6.26. The highest BCUT2D eigenvalue weighted by Crippen LogP contribution is 2.34. The number of H-pyrrole nitrogens is 1. The molecular formula is C18H27NO3. The quantitative estimate of drug-likeness (QED) is 0.771. The molecule has 0 bridgehead atoms. The lowest BCUT2D eigenvalue weighted by molar-refractivity contribution is 0.0959. The molecule has 0 saturated heterocycles. The fraction of sp³-hybridized carbons (Fsp3) is 0.667. The molecule has 1 aromatic rings. The summed E-state index contributed by atoms with van der Waals surface area (Å²) in [6.07, 6.45) is 8.39. The number of hydrogen-bond donors (Lipinski definition) is 1. The van der Waals surface area contributed by atoms with Crippen molar-refractivity contribution in [2.45, 2.75) is 71.1 Å². The Hall–Kier alpha value is -1.58. The Bertz CT molecular complexity index is 589. The summed E-state index contributed by atoms with van der Waals surface area (Å²) in [4.78, 5) is 27.9. The van der Waals surface area contributed by atoms with E-state index in [0.717, 1.165) is 19.3 Å². The van der Waals surface area contributed by atoms with E-state index in [1.807, 2.05) is 0 Å². The minimum Gasteiger partial charge on any atom is -0.491 e. The average Bonchev–Trinajstić information content (AvgIpc) is 2.50. The van der Waals surface area contributed by atoms with Gasteiger partial charge in [0, 0.05) is 12.0 Å². The molecule has 1 atom stereocenters. The van der Waals surface area contributed by atoms with E-state index in [0.29, 0.717) is 29.1 Å². The molecule has 0 saturated carbocycles. The third kappa shape index (κ3) is 3.42. The smallest absolute Gasteiger partial charge is 0.227 e. The number of nitrogens with one attached hydrogen (secondary N) is 1. The number of hydrogen-bond acceptors (Lipinski definition) is 3. The van der Waals surface area contributed by atoms with Crippen molar-refractivity contribution < 1.29 is 9.53 Å². The molecule has 0 amide bonds. The van der Waals surface area contributed by atoms with Gasteiger partial charge in [-0.3, -0.25) is 9.59 Å². The van der Waals surface area contributed by atoms with Crippen LogP contribution in [0.3, 0.4) is 0 Å². The first kappa shape index (κ1) is 16.8. The first-order valence-corrected chi connectivity index (χ1v) is 8.44. The van der Waals surface area contributed by atoms with Crippen molar-refractivity contribution in [1.82, 2.24) is 4.98 Å². The van der Waals surface area contributed by atoms with E-state index in [1.54, 1.807) is 6.92 Å². The molecule has 122 valence electrons. The minimum atomic E-state index is -0.0969. The van der Waals surface area contributed by atoms with E-state index < -0.39 is 0 Å². The zero-order valence-corrected chi connectivity index (χ0v) is 14.0. The van der Waals surface area contributed by atoms with Crippen LogP contribution in [0.25, 0.3) is 0 Å². The Kier molecular flexibility index (Phi) is 5.81. The van der Waals surface area contributed by atoms with Gasteiger partial charge in [-0.25, -0.2) is 0 Å². The number of fused-ring (bicyclic) bond motifs is 1. The van der Waals surface area contributed by atoms with Crippen LogP contribution in [0.2, 0.25) is 0 Å². The molecule has 1 aliphatic carbocycles. The number of aryl methyl sites for hydroxylation is 1. The molecule has 0 spiro atoms. The van der Waals surface area contributed by atoms with Crippen LogP contribution in [0.15, 0.2) is 4.79 Å². The Morgan fingerprint density at radius 2 is 1.91 bits per heavy atom. The van der Waals surface area contributed by atoms with Gasteiger partial charge in [-0.05, 0) is 25.7 Å². The van der Waals surface area contributed by atoms with E-state index in [-0.39, 0.29) is 17.1 Å². The van der Waals surface area contributed by atoms with Crippen LogP contribution in [0.1, 0.15) is 86.0 Å². The number of carbonyl (C=O) groups excluding carboxylic acids is 1. The van der Waals surface area contributed by atoms with E-state index in [1.165, 1.54) is 32.8 Å². The summed E-state index contributed by atoms with van der Waals surface area (Å²) in [5, 5.41) is 0. The van der Waals surface area contributed by atoms with Gasteiger partial charge in [-0.2, -0.15) is 0 Å². The molecule has 4 heteroatoms. The number of aromatic nitrogens is 1. The van der Waals surface area contributed by atoms with Gasteiger partial charge < -0.3 is 9.72 Å². The zero-order valence-electron chi connectivity index (χ0n) is 14.0. The number of carbonyl (C=O) groups is 1. The SMILES string of the molecule is CCCCCCC[C@H]1CCC(=O)c2[nH]c(C)c(OC)c(=O)c21. The van der Waals surface area contributed by atoms with Crippen molar-refractivity contribution in [3.05, 3.63) is 27.2 Å². The summed E-state index contributed by atoms with van der Waals surface area (Å²) in [7, 11) is 1.51. The van der Waals surface area contributed by atoms with E-state index in [4.69, 9.17) is 4.74 Å². The maximum atomic E-state index is 12.7. The Balaban J connectivity index is 2.22. The summed E-state index contributed by atoms with van der Waals surface area (Å²) in [5.74, 6) is 0.595. The number of pyridine rings is 1. The molecule has 1 aromatic heterocycles. The van der Waals surface area contributed by atoms with Gasteiger partial charge in [0.15, 0.2) is 11.5 Å². The first-order valence-electron chi connectivity index (χ1n) is 8.44. The summed E-state index contributed by atoms with van der Waals surface area (Å²) < 4.78 is 5.23. The fourth-order valence-electron chi connectivity index (χ4n) is 3.43. The number of Topliss-reactive ketones (excluding diaryl/α,β-unsaturated/α-hetero) is 1. The fourth-order valence-corrected chi connectivity index (χ4v) is 3.43. The highest BCUT2D eigenvalue weighted by Gasteiger charge is 2.30. The summed E-state index contributed by atoms with van der Waals surface area (Å²) in [6.45, 7) is 3.99. The number of methoxy groups -OCH3 is 1. The Morgan fingerprint density at radius 1 is 1.18 bits per heavy atom. The molecule has 0 fully saturated rings. The third-order valence-corrected chi connectivity index (χ3v) is 4.64. The van der Waals surface area contributed by atoms with Crippen LogP contribution in [0.5, 0.6) is 5.75 Å². The zero-order chi connectivity index (χ0) is 16.1. The summed E-state index contributed by atoms with van der Waals surface area (Å²) in [6, 6.07) is 0. The Labute approximate surface area is 132 Å². The largest absolute Gasteiger partial charge is 0.491 e. The summed E-state index contributed by atoms with van der Waals surface area (Å²) in [5.41, 5.74) is 1.73. The molecule has 0 aliphatic heterocycles. The van der Waals surface area contributed by atoms with Gasteiger partial charge in [0.2, 0.25) is 5.43 Å². The lowest BCUT2D eigenvalue weighted by atomic mass is 9.81. The second kappa shape index (κ2) is 7.61. The molecule has 1 aliphatic rings. The highest BCUT2D eigenvalue weighted by molar-refractivity contribution is 5.97. The molecule has 4 nitrogen and oxygen atoms in total. The predicted molar refractivity (Wildman–Crippen MR) is 88.0 cm³/mol. The maximum Gasteiger partial charge on any atom is 0.227 e. The first-order chi connectivity index (χ1) is 10.6. The van der Waals surface area contributed by atoms with Crippen LogP contribution >= 0.6 is 0 Å². The standard InChI is InChI=1S/C18H27NO3/c1-4-5-6-7-8-9-13-10-11-14(20)16-15(13)17(21)18(22-3)12(2)19-16/h13H,4-11H2,1-3H3,(H,19,21)/t13-/m0/s1. The summed E-state index contributed by atoms with van der Waals surface area (Å²) >= 11 is 0. The van der Waals surface area contributed by atoms with E-state index in [9.17, 15) is 9.59 Å². The lowest BCUT2D eigenvalue weighted by Gasteiger charge is -2.25. The van der Waals surface area contributed by atoms with Crippen LogP contribution in [-0.4, -0.2) is 17.9 Å². The van der Waals surface area contributed by atoms with Crippen molar-refractivity contribution in [1.29, 1.82) is 0 Å². The third-order valence-electron chi connectivity index (χ3n) is 4.64. The van der Waals surface area contributed by atoms with Crippen molar-refractivity contribution in [3.8, 4) is 5.75 Å². The normalized spacial score (nSPS) is 17.4. The monoisotopic (exact) mass is 305 g/mol. The average molecular weight is 305 g/mol. The topological polar surface area (TPSA) is 59.2 Å². The minimum absolute atomic E-state index is 0.0556. The van der Waals surface area contributed by atoms with Crippen molar-refractivity contribution in [3.63, 3.8) is 0 Å². The molecule has 0 unspecified atom stereocenters. The Morgan fingerprint density at radius 3 is 2.59 bits per heavy atom. The molecular weight excluding hydrogens is 278 g/mol. The van der Waals surface area contributed by atoms with Crippen molar-refractivity contribution >= 4 is 5.78 Å². The van der Waals surface area contributed by atoms with Crippen LogP contribution < -0.4 is 10.2 Å².